The summed E-state index contributed by atoms with van der Waals surface area (Å²) in [7, 11) is 0. The van der Waals surface area contributed by atoms with Crippen molar-refractivity contribution in [3.8, 4) is 0 Å². The van der Waals surface area contributed by atoms with Gasteiger partial charge >= 0.3 is 5.97 Å². The highest BCUT2D eigenvalue weighted by molar-refractivity contribution is 5.95. The van der Waals surface area contributed by atoms with Crippen LogP contribution in [-0.4, -0.2) is 28.5 Å². The van der Waals surface area contributed by atoms with Crippen molar-refractivity contribution in [1.29, 1.82) is 0 Å². The van der Waals surface area contributed by atoms with Gasteiger partial charge in [0.05, 0.1) is 10.6 Å². The Kier molecular flexibility index (Phi) is 6.28. The number of nitro benzene ring substituents is 1. The van der Waals surface area contributed by atoms with Gasteiger partial charge in [-0.1, -0.05) is 25.3 Å². The van der Waals surface area contributed by atoms with Crippen molar-refractivity contribution in [1.82, 2.24) is 0 Å². The summed E-state index contributed by atoms with van der Waals surface area (Å²) < 4.78 is 0. The molecule has 2 rings (SSSR count). The number of unbranched alkanes of at least 4 members (excludes halogenated alkanes) is 4. The first-order valence-electron chi connectivity index (χ1n) is 8.28. The number of carboxylic acid groups (broad SMARTS) is 1. The average Bonchev–Trinajstić information content (AvgIpc) is 2.96. The van der Waals surface area contributed by atoms with Gasteiger partial charge in [0.25, 0.3) is 5.69 Å². The van der Waals surface area contributed by atoms with Crippen LogP contribution in [0.25, 0.3) is 0 Å². The molecule has 1 aliphatic heterocycles. The quantitative estimate of drug-likeness (QED) is 0.424. The van der Waals surface area contributed by atoms with E-state index in [4.69, 9.17) is 5.11 Å². The first-order chi connectivity index (χ1) is 11.5. The highest BCUT2D eigenvalue weighted by Gasteiger charge is 2.26. The molecule has 1 amide bonds. The Morgan fingerprint density at radius 3 is 2.46 bits per heavy atom. The van der Waals surface area contributed by atoms with Crippen LogP contribution in [0.4, 0.5) is 11.4 Å². The molecule has 24 heavy (non-hydrogen) atoms. The van der Waals surface area contributed by atoms with Crippen LogP contribution in [0.1, 0.15) is 50.5 Å². The fourth-order valence-corrected chi connectivity index (χ4v) is 2.96. The lowest BCUT2D eigenvalue weighted by molar-refractivity contribution is -0.384. The lowest BCUT2D eigenvalue weighted by Gasteiger charge is -2.17. The van der Waals surface area contributed by atoms with E-state index in [1.807, 2.05) is 0 Å². The predicted molar refractivity (Wildman–Crippen MR) is 89.1 cm³/mol. The van der Waals surface area contributed by atoms with Crippen LogP contribution in [0.15, 0.2) is 18.2 Å². The summed E-state index contributed by atoms with van der Waals surface area (Å²) >= 11 is 0. The van der Waals surface area contributed by atoms with Crippen LogP contribution in [0.3, 0.4) is 0 Å². The molecule has 1 heterocycles. The fourth-order valence-electron chi connectivity index (χ4n) is 2.96. The molecule has 0 radical (unpaired) electrons. The minimum atomic E-state index is -0.771. The smallest absolute Gasteiger partial charge is 0.303 e. The molecule has 7 heteroatoms. The van der Waals surface area contributed by atoms with Gasteiger partial charge in [0.1, 0.15) is 0 Å². The van der Waals surface area contributed by atoms with Gasteiger partial charge in [0, 0.05) is 31.5 Å². The Morgan fingerprint density at radius 1 is 1.12 bits per heavy atom. The van der Waals surface area contributed by atoms with Crippen LogP contribution in [0.5, 0.6) is 0 Å². The third-order valence-electron chi connectivity index (χ3n) is 4.26. The molecule has 0 spiro atoms. The van der Waals surface area contributed by atoms with E-state index in [-0.39, 0.29) is 18.0 Å². The van der Waals surface area contributed by atoms with Crippen molar-refractivity contribution in [2.24, 2.45) is 0 Å². The molecular weight excluding hydrogens is 312 g/mol. The number of carboxylic acids is 1. The second-order valence-corrected chi connectivity index (χ2v) is 6.03. The summed E-state index contributed by atoms with van der Waals surface area (Å²) in [4.78, 5) is 34.8. The summed E-state index contributed by atoms with van der Waals surface area (Å²) in [5.74, 6) is -0.772. The summed E-state index contributed by atoms with van der Waals surface area (Å²) in [5, 5.41) is 19.4. The SMILES string of the molecule is O=C(O)CCCCCCCC(=O)N1CCc2ccc([N+](=O)[O-])cc21. The summed E-state index contributed by atoms with van der Waals surface area (Å²) in [6.45, 7) is 0.577. The van der Waals surface area contributed by atoms with Gasteiger partial charge in [-0.2, -0.15) is 0 Å². The highest BCUT2D eigenvalue weighted by atomic mass is 16.6. The third kappa shape index (κ3) is 4.78. The van der Waals surface area contributed by atoms with E-state index in [2.05, 4.69) is 0 Å². The number of rotatable bonds is 9. The van der Waals surface area contributed by atoms with Crippen LogP contribution in [0, 0.1) is 10.1 Å². The van der Waals surface area contributed by atoms with Gasteiger partial charge < -0.3 is 10.0 Å². The molecule has 1 aromatic rings. The second-order valence-electron chi connectivity index (χ2n) is 6.03. The maximum Gasteiger partial charge on any atom is 0.303 e. The van der Waals surface area contributed by atoms with Crippen molar-refractivity contribution in [3.63, 3.8) is 0 Å². The van der Waals surface area contributed by atoms with Crippen molar-refractivity contribution in [2.75, 3.05) is 11.4 Å². The molecule has 7 nitrogen and oxygen atoms in total. The number of non-ortho nitro benzene ring substituents is 1. The summed E-state index contributed by atoms with van der Waals surface area (Å²) in [5.41, 5.74) is 1.64. The minimum absolute atomic E-state index is 0.000200. The molecule has 0 saturated carbocycles. The number of benzene rings is 1. The predicted octanol–water partition coefficient (Wildman–Crippen LogP) is 3.30. The first-order valence-corrected chi connectivity index (χ1v) is 8.28. The molecule has 0 unspecified atom stereocenters. The summed E-state index contributed by atoms with van der Waals surface area (Å²) in [6, 6.07) is 4.68. The zero-order valence-electron chi connectivity index (χ0n) is 13.6. The lowest BCUT2D eigenvalue weighted by Crippen LogP contribution is -2.28. The Labute approximate surface area is 140 Å². The number of carbonyl (C=O) groups is 2. The molecule has 0 bridgehead atoms. The number of aliphatic carboxylic acids is 1. The molecule has 0 atom stereocenters. The topological polar surface area (TPSA) is 101 Å². The molecule has 1 aromatic carbocycles. The molecule has 0 aliphatic carbocycles. The molecule has 1 aliphatic rings. The second kappa shape index (κ2) is 8.42. The molecule has 0 fully saturated rings. The van der Waals surface area contributed by atoms with Gasteiger partial charge in [-0.25, -0.2) is 0 Å². The zero-order chi connectivity index (χ0) is 17.5. The number of hydrogen-bond donors (Lipinski definition) is 1. The van der Waals surface area contributed by atoms with E-state index in [9.17, 15) is 19.7 Å². The largest absolute Gasteiger partial charge is 0.481 e. The van der Waals surface area contributed by atoms with E-state index in [1.165, 1.54) is 12.1 Å². The minimum Gasteiger partial charge on any atom is -0.481 e. The Morgan fingerprint density at radius 2 is 1.79 bits per heavy atom. The third-order valence-corrected chi connectivity index (χ3v) is 4.26. The molecular formula is C17H22N2O5. The highest BCUT2D eigenvalue weighted by Crippen LogP contribution is 2.32. The van der Waals surface area contributed by atoms with Crippen LogP contribution >= 0.6 is 0 Å². The molecule has 0 saturated heterocycles. The van der Waals surface area contributed by atoms with Crippen molar-refractivity contribution >= 4 is 23.3 Å². The normalized spacial score (nSPS) is 12.9. The fraction of sp³-hybridized carbons (Fsp3) is 0.529. The van der Waals surface area contributed by atoms with Crippen LogP contribution in [-0.2, 0) is 16.0 Å². The number of amides is 1. The van der Waals surface area contributed by atoms with E-state index >= 15 is 0 Å². The number of hydrogen-bond acceptors (Lipinski definition) is 4. The van der Waals surface area contributed by atoms with Crippen molar-refractivity contribution in [2.45, 2.75) is 51.4 Å². The Balaban J connectivity index is 1.78. The average molecular weight is 334 g/mol. The van der Waals surface area contributed by atoms with E-state index in [1.54, 1.807) is 11.0 Å². The van der Waals surface area contributed by atoms with Gasteiger partial charge in [0.15, 0.2) is 0 Å². The Hall–Kier alpha value is -2.44. The first kappa shape index (κ1) is 17.9. The van der Waals surface area contributed by atoms with Crippen molar-refractivity contribution < 1.29 is 19.6 Å². The van der Waals surface area contributed by atoms with E-state index < -0.39 is 10.9 Å². The zero-order valence-corrected chi connectivity index (χ0v) is 13.6. The molecule has 0 aromatic heterocycles. The van der Waals surface area contributed by atoms with E-state index in [0.29, 0.717) is 25.1 Å². The number of nitrogens with zero attached hydrogens (tertiary/aromatic N) is 2. The maximum absolute atomic E-state index is 12.3. The number of nitro groups is 1. The van der Waals surface area contributed by atoms with Crippen LogP contribution in [0.2, 0.25) is 0 Å². The van der Waals surface area contributed by atoms with Gasteiger partial charge in [-0.3, -0.25) is 19.7 Å². The number of carbonyl (C=O) groups excluding carboxylic acids is 1. The molecule has 1 N–H and O–H groups in total. The number of fused-ring (bicyclic) bond motifs is 1. The molecule has 130 valence electrons. The van der Waals surface area contributed by atoms with E-state index in [0.717, 1.165) is 37.7 Å². The standard InChI is InChI=1S/C17H22N2O5/c20-16(6-4-2-1-3-5-7-17(21)22)18-11-10-13-8-9-14(19(23)24)12-15(13)18/h8-9,12H,1-7,10-11H2,(H,21,22). The van der Waals surface area contributed by atoms with Crippen molar-refractivity contribution in [3.05, 3.63) is 33.9 Å². The monoisotopic (exact) mass is 334 g/mol. The maximum atomic E-state index is 12.3. The lowest BCUT2D eigenvalue weighted by atomic mass is 10.1. The summed E-state index contributed by atoms with van der Waals surface area (Å²) in [6.07, 6.45) is 5.44. The Bertz CT molecular complexity index is 629. The van der Waals surface area contributed by atoms with Gasteiger partial charge in [-0.15, -0.1) is 0 Å². The van der Waals surface area contributed by atoms with Gasteiger partial charge in [-0.05, 0) is 24.8 Å². The van der Waals surface area contributed by atoms with Gasteiger partial charge in [0.2, 0.25) is 5.91 Å². The number of anilines is 1. The van der Waals surface area contributed by atoms with Crippen LogP contribution < -0.4 is 4.90 Å².